The zero-order chi connectivity index (χ0) is 19.5. The Morgan fingerprint density at radius 3 is 2.11 bits per heavy atom. The van der Waals surface area contributed by atoms with E-state index >= 15 is 0 Å². The van der Waals surface area contributed by atoms with Crippen molar-refractivity contribution < 1.29 is 13.6 Å². The number of anilines is 1. The fourth-order valence-corrected chi connectivity index (χ4v) is 2.73. The average molecular weight is 376 g/mol. The van der Waals surface area contributed by atoms with E-state index in [0.29, 0.717) is 17.1 Å². The molecule has 1 N–H and O–H groups in total. The Labute approximate surface area is 159 Å². The molecule has 5 nitrogen and oxygen atoms in total. The first-order valence-corrected chi connectivity index (χ1v) is 8.43. The molecule has 0 fully saturated rings. The summed E-state index contributed by atoms with van der Waals surface area (Å²) in [5.74, 6) is -1.20. The van der Waals surface area contributed by atoms with Crippen molar-refractivity contribution >= 4 is 11.6 Å². The van der Waals surface area contributed by atoms with Crippen LogP contribution in [0.1, 0.15) is 10.5 Å². The molecule has 28 heavy (non-hydrogen) atoms. The van der Waals surface area contributed by atoms with E-state index in [2.05, 4.69) is 15.4 Å². The number of carbonyl (C=O) groups excluding carboxylic acids is 1. The molecule has 0 aliphatic heterocycles. The SMILES string of the molecule is O=C(Nc1ccc(F)cc1)c1cc(-c2ccncc2)n(-c2ccc(F)cc2)n1. The zero-order valence-corrected chi connectivity index (χ0v) is 14.5. The molecular weight excluding hydrogens is 362 g/mol. The molecule has 0 saturated carbocycles. The minimum absolute atomic E-state index is 0.167. The normalized spacial score (nSPS) is 10.6. The van der Waals surface area contributed by atoms with E-state index in [9.17, 15) is 13.6 Å². The molecule has 138 valence electrons. The van der Waals surface area contributed by atoms with Crippen LogP contribution in [0.25, 0.3) is 16.9 Å². The molecule has 1 amide bonds. The molecule has 4 aromatic rings. The molecule has 2 aromatic heterocycles. The molecule has 7 heteroatoms. The Morgan fingerprint density at radius 2 is 1.46 bits per heavy atom. The second-order valence-corrected chi connectivity index (χ2v) is 6.00. The van der Waals surface area contributed by atoms with Crippen LogP contribution in [0.15, 0.2) is 79.1 Å². The molecule has 4 rings (SSSR count). The molecule has 0 bridgehead atoms. The van der Waals surface area contributed by atoms with Crippen LogP contribution < -0.4 is 5.32 Å². The van der Waals surface area contributed by atoms with Crippen LogP contribution in [0, 0.1) is 11.6 Å². The molecule has 0 radical (unpaired) electrons. The maximum absolute atomic E-state index is 13.3. The van der Waals surface area contributed by atoms with Gasteiger partial charge < -0.3 is 5.32 Å². The van der Waals surface area contributed by atoms with Gasteiger partial charge in [0.05, 0.1) is 11.4 Å². The van der Waals surface area contributed by atoms with Crippen LogP contribution in [-0.4, -0.2) is 20.7 Å². The number of pyridine rings is 1. The molecule has 0 aliphatic carbocycles. The maximum atomic E-state index is 13.3. The Bertz CT molecular complexity index is 1110. The highest BCUT2D eigenvalue weighted by Crippen LogP contribution is 2.24. The van der Waals surface area contributed by atoms with Gasteiger partial charge in [0.15, 0.2) is 5.69 Å². The molecule has 2 heterocycles. The average Bonchev–Trinajstić information content (AvgIpc) is 3.16. The van der Waals surface area contributed by atoms with Gasteiger partial charge in [-0.05, 0) is 66.7 Å². The van der Waals surface area contributed by atoms with E-state index in [4.69, 9.17) is 0 Å². The highest BCUT2D eigenvalue weighted by Gasteiger charge is 2.17. The smallest absolute Gasteiger partial charge is 0.276 e. The lowest BCUT2D eigenvalue weighted by molar-refractivity contribution is 0.102. The summed E-state index contributed by atoms with van der Waals surface area (Å²) >= 11 is 0. The molecule has 0 aliphatic rings. The zero-order valence-electron chi connectivity index (χ0n) is 14.5. The monoisotopic (exact) mass is 376 g/mol. The van der Waals surface area contributed by atoms with Crippen LogP contribution in [0.3, 0.4) is 0 Å². The highest BCUT2D eigenvalue weighted by atomic mass is 19.1. The van der Waals surface area contributed by atoms with Gasteiger partial charge in [0.25, 0.3) is 5.91 Å². The predicted molar refractivity (Wildman–Crippen MR) is 101 cm³/mol. The second-order valence-electron chi connectivity index (χ2n) is 6.00. The first kappa shape index (κ1) is 17.5. The van der Waals surface area contributed by atoms with Crippen LogP contribution >= 0.6 is 0 Å². The number of nitrogens with zero attached hydrogens (tertiary/aromatic N) is 3. The third kappa shape index (κ3) is 3.64. The Kier molecular flexibility index (Phi) is 4.63. The first-order valence-electron chi connectivity index (χ1n) is 8.43. The predicted octanol–water partition coefficient (Wildman–Crippen LogP) is 4.46. The number of aromatic nitrogens is 3. The van der Waals surface area contributed by atoms with E-state index in [0.717, 1.165) is 5.56 Å². The van der Waals surface area contributed by atoms with Gasteiger partial charge in [-0.1, -0.05) is 0 Å². The van der Waals surface area contributed by atoms with Gasteiger partial charge in [0.2, 0.25) is 0 Å². The van der Waals surface area contributed by atoms with Crippen molar-refractivity contribution in [2.24, 2.45) is 0 Å². The molecule has 0 unspecified atom stereocenters. The number of nitrogens with one attached hydrogen (secondary N) is 1. The minimum atomic E-state index is -0.442. The fourth-order valence-electron chi connectivity index (χ4n) is 2.73. The topological polar surface area (TPSA) is 59.8 Å². The van der Waals surface area contributed by atoms with Gasteiger partial charge >= 0.3 is 0 Å². The third-order valence-electron chi connectivity index (χ3n) is 4.09. The summed E-state index contributed by atoms with van der Waals surface area (Å²) in [6, 6.07) is 16.5. The lowest BCUT2D eigenvalue weighted by Gasteiger charge is -2.07. The van der Waals surface area contributed by atoms with Crippen molar-refractivity contribution in [1.82, 2.24) is 14.8 Å². The lowest BCUT2D eigenvalue weighted by atomic mass is 10.1. The number of amides is 1. The van der Waals surface area contributed by atoms with Crippen molar-refractivity contribution in [3.63, 3.8) is 0 Å². The largest absolute Gasteiger partial charge is 0.321 e. The molecular formula is C21H14F2N4O. The number of carbonyl (C=O) groups is 1. The second kappa shape index (κ2) is 7.40. The Balaban J connectivity index is 1.73. The van der Waals surface area contributed by atoms with E-state index < -0.39 is 11.7 Å². The van der Waals surface area contributed by atoms with Crippen LogP contribution in [0.2, 0.25) is 0 Å². The minimum Gasteiger partial charge on any atom is -0.321 e. The first-order chi connectivity index (χ1) is 13.6. The van der Waals surface area contributed by atoms with Crippen molar-refractivity contribution in [3.8, 4) is 16.9 Å². The van der Waals surface area contributed by atoms with E-state index in [-0.39, 0.29) is 11.5 Å². The molecule has 2 aromatic carbocycles. The summed E-state index contributed by atoms with van der Waals surface area (Å²) in [7, 11) is 0. The van der Waals surface area contributed by atoms with E-state index in [1.54, 1.807) is 47.4 Å². The van der Waals surface area contributed by atoms with Crippen molar-refractivity contribution in [2.45, 2.75) is 0 Å². The number of halogens is 2. The van der Waals surface area contributed by atoms with Gasteiger partial charge in [0, 0.05) is 23.6 Å². The van der Waals surface area contributed by atoms with Gasteiger partial charge in [-0.15, -0.1) is 0 Å². The summed E-state index contributed by atoms with van der Waals surface area (Å²) in [4.78, 5) is 16.6. The quantitative estimate of drug-likeness (QED) is 0.572. The Hall–Kier alpha value is -3.87. The summed E-state index contributed by atoms with van der Waals surface area (Å²) in [5, 5.41) is 7.07. The van der Waals surface area contributed by atoms with Gasteiger partial charge in [-0.2, -0.15) is 5.10 Å². The van der Waals surface area contributed by atoms with Crippen molar-refractivity contribution in [2.75, 3.05) is 5.32 Å². The number of rotatable bonds is 4. The number of hydrogen-bond donors (Lipinski definition) is 1. The lowest BCUT2D eigenvalue weighted by Crippen LogP contribution is -2.13. The summed E-state index contributed by atoms with van der Waals surface area (Å²) in [6.07, 6.45) is 3.27. The molecule has 0 atom stereocenters. The number of benzene rings is 2. The van der Waals surface area contributed by atoms with Crippen molar-refractivity contribution in [1.29, 1.82) is 0 Å². The summed E-state index contributed by atoms with van der Waals surface area (Å²) in [6.45, 7) is 0. The van der Waals surface area contributed by atoms with E-state index in [1.807, 2.05) is 0 Å². The third-order valence-corrected chi connectivity index (χ3v) is 4.09. The van der Waals surface area contributed by atoms with Gasteiger partial charge in [0.1, 0.15) is 11.6 Å². The van der Waals surface area contributed by atoms with Crippen LogP contribution in [0.5, 0.6) is 0 Å². The van der Waals surface area contributed by atoms with E-state index in [1.165, 1.54) is 36.4 Å². The highest BCUT2D eigenvalue weighted by molar-refractivity contribution is 6.03. The van der Waals surface area contributed by atoms with Crippen molar-refractivity contribution in [3.05, 3.63) is 96.5 Å². The summed E-state index contributed by atoms with van der Waals surface area (Å²) < 4.78 is 27.9. The van der Waals surface area contributed by atoms with Crippen LogP contribution in [0.4, 0.5) is 14.5 Å². The van der Waals surface area contributed by atoms with Crippen LogP contribution in [-0.2, 0) is 0 Å². The summed E-state index contributed by atoms with van der Waals surface area (Å²) in [5.41, 5.74) is 2.67. The molecule has 0 saturated heterocycles. The number of hydrogen-bond acceptors (Lipinski definition) is 3. The fraction of sp³-hybridized carbons (Fsp3) is 0. The Morgan fingerprint density at radius 1 is 0.857 bits per heavy atom. The van der Waals surface area contributed by atoms with Gasteiger partial charge in [-0.25, -0.2) is 13.5 Å². The molecule has 0 spiro atoms. The maximum Gasteiger partial charge on any atom is 0.276 e. The standard InChI is InChI=1S/C21H14F2N4O/c22-15-1-5-17(6-2-15)25-21(28)19-13-20(14-9-11-24-12-10-14)27(26-19)18-7-3-16(23)4-8-18/h1-13H,(H,25,28). The van der Waals surface area contributed by atoms with Gasteiger partial charge in [-0.3, -0.25) is 9.78 Å².